The molecule has 0 bridgehead atoms. The molecule has 0 saturated heterocycles. The van der Waals surface area contributed by atoms with Crippen LogP contribution >= 0.6 is 0 Å². The highest BCUT2D eigenvalue weighted by atomic mass is 15.1. The topological polar surface area (TPSA) is 29.3 Å². The smallest absolute Gasteiger partial charge is 0.0648 e. The van der Waals surface area contributed by atoms with Crippen LogP contribution < -0.4 is 5.73 Å². The maximum Gasteiger partial charge on any atom is 0.0648 e. The quantitative estimate of drug-likeness (QED) is 0.465. The lowest BCUT2D eigenvalue weighted by Crippen LogP contribution is -2.19. The Morgan fingerprint density at radius 1 is 1.40 bits per heavy atom. The molecule has 2 N–H and O–H groups in total. The van der Waals surface area contributed by atoms with Crippen LogP contribution in [0.5, 0.6) is 0 Å². The predicted octanol–water partition coefficient (Wildman–Crippen LogP) is 1.09. The average molecular weight is 138 g/mol. The fourth-order valence-electron chi connectivity index (χ4n) is 0.400. The molecular weight excluding hydrogens is 124 g/mol. The summed E-state index contributed by atoms with van der Waals surface area (Å²) in [4.78, 5) is 1.88. The third-order valence-corrected chi connectivity index (χ3v) is 0.987. The van der Waals surface area contributed by atoms with E-state index in [1.54, 1.807) is 6.08 Å². The monoisotopic (exact) mass is 138 g/mol. The molecule has 0 radical (unpaired) electrons. The first-order valence-corrected chi connectivity index (χ1v) is 3.17. The molecule has 0 heterocycles. The van der Waals surface area contributed by atoms with Gasteiger partial charge in [-0.15, -0.1) is 0 Å². The van der Waals surface area contributed by atoms with E-state index in [0.717, 1.165) is 0 Å². The lowest BCUT2D eigenvalue weighted by Gasteiger charge is -2.07. The van der Waals surface area contributed by atoms with E-state index in [1.807, 2.05) is 36.4 Å². The van der Waals surface area contributed by atoms with Gasteiger partial charge in [-0.2, -0.15) is 0 Å². The Morgan fingerprint density at radius 2 is 2.10 bits per heavy atom. The van der Waals surface area contributed by atoms with Gasteiger partial charge in [0.2, 0.25) is 0 Å². The summed E-state index contributed by atoms with van der Waals surface area (Å²) in [5.41, 5.74) is 5.32. The van der Waals surface area contributed by atoms with Crippen LogP contribution in [0.25, 0.3) is 0 Å². The first kappa shape index (κ1) is 8.98. The van der Waals surface area contributed by atoms with Gasteiger partial charge in [-0.3, -0.25) is 0 Å². The molecule has 0 aliphatic heterocycles. The molecule has 10 heavy (non-hydrogen) atoms. The van der Waals surface area contributed by atoms with Crippen molar-refractivity contribution in [3.8, 4) is 0 Å². The minimum Gasteiger partial charge on any atom is -0.368 e. The standard InChI is InChI=1S/C8H14N2/c1-3-4-5-6-7-10(2)8-9/h3-7H,1,8-9H2,2H3/b5-4-,7-6+. The maximum atomic E-state index is 5.32. The van der Waals surface area contributed by atoms with Crippen molar-refractivity contribution in [2.45, 2.75) is 0 Å². The molecule has 0 aromatic heterocycles. The van der Waals surface area contributed by atoms with Gasteiger partial charge in [0, 0.05) is 7.05 Å². The van der Waals surface area contributed by atoms with Crippen LogP contribution in [0.4, 0.5) is 0 Å². The molecule has 0 atom stereocenters. The molecule has 2 nitrogen and oxygen atoms in total. The third-order valence-electron chi connectivity index (χ3n) is 0.987. The van der Waals surface area contributed by atoms with Gasteiger partial charge in [0.15, 0.2) is 0 Å². The third kappa shape index (κ3) is 5.12. The van der Waals surface area contributed by atoms with Crippen LogP contribution in [0.3, 0.4) is 0 Å². The summed E-state index contributed by atoms with van der Waals surface area (Å²) in [6.07, 6.45) is 9.31. The summed E-state index contributed by atoms with van der Waals surface area (Å²) in [6, 6.07) is 0. The first-order chi connectivity index (χ1) is 4.81. The Morgan fingerprint density at radius 3 is 2.60 bits per heavy atom. The summed E-state index contributed by atoms with van der Waals surface area (Å²) >= 11 is 0. The summed E-state index contributed by atoms with van der Waals surface area (Å²) in [6.45, 7) is 4.08. The summed E-state index contributed by atoms with van der Waals surface area (Å²) in [5, 5.41) is 0. The number of allylic oxidation sites excluding steroid dienone is 4. The van der Waals surface area contributed by atoms with Crippen LogP contribution in [0.2, 0.25) is 0 Å². The largest absolute Gasteiger partial charge is 0.368 e. The Balaban J connectivity index is 3.54. The molecule has 0 aliphatic rings. The molecule has 0 amide bonds. The van der Waals surface area contributed by atoms with Gasteiger partial charge in [0.05, 0.1) is 6.67 Å². The molecule has 56 valence electrons. The highest BCUT2D eigenvalue weighted by Crippen LogP contribution is 1.81. The predicted molar refractivity (Wildman–Crippen MR) is 45.3 cm³/mol. The highest BCUT2D eigenvalue weighted by Gasteiger charge is 1.78. The fourth-order valence-corrected chi connectivity index (χ4v) is 0.400. The fraction of sp³-hybridized carbons (Fsp3) is 0.250. The SMILES string of the molecule is C=C/C=C\C=C\N(C)CN. The molecule has 0 spiro atoms. The van der Waals surface area contributed by atoms with Crippen molar-refractivity contribution >= 4 is 0 Å². The zero-order valence-corrected chi connectivity index (χ0v) is 6.33. The van der Waals surface area contributed by atoms with Gasteiger partial charge in [0.25, 0.3) is 0 Å². The Bertz CT molecular complexity index is 136. The van der Waals surface area contributed by atoms with E-state index in [-0.39, 0.29) is 0 Å². The molecule has 0 aliphatic carbocycles. The van der Waals surface area contributed by atoms with Gasteiger partial charge in [-0.05, 0) is 12.3 Å². The minimum absolute atomic E-state index is 0.540. The number of hydrogen-bond acceptors (Lipinski definition) is 2. The van der Waals surface area contributed by atoms with Crippen molar-refractivity contribution in [3.63, 3.8) is 0 Å². The number of hydrogen-bond donors (Lipinski definition) is 1. The van der Waals surface area contributed by atoms with Crippen molar-refractivity contribution in [1.29, 1.82) is 0 Å². The van der Waals surface area contributed by atoms with Crippen LogP contribution in [0.1, 0.15) is 0 Å². The zero-order valence-electron chi connectivity index (χ0n) is 6.33. The van der Waals surface area contributed by atoms with E-state index in [9.17, 15) is 0 Å². The molecule has 2 heteroatoms. The first-order valence-electron chi connectivity index (χ1n) is 3.17. The normalized spacial score (nSPS) is 11.0. The van der Waals surface area contributed by atoms with Gasteiger partial charge < -0.3 is 10.6 Å². The van der Waals surface area contributed by atoms with Gasteiger partial charge in [0.1, 0.15) is 0 Å². The Labute approximate surface area is 62.3 Å². The van der Waals surface area contributed by atoms with E-state index in [1.165, 1.54) is 0 Å². The van der Waals surface area contributed by atoms with Gasteiger partial charge in [-0.1, -0.05) is 24.8 Å². The van der Waals surface area contributed by atoms with Crippen molar-refractivity contribution in [2.75, 3.05) is 13.7 Å². The molecule has 0 fully saturated rings. The lowest BCUT2D eigenvalue weighted by atomic mass is 10.4. The zero-order chi connectivity index (χ0) is 7.82. The van der Waals surface area contributed by atoms with Crippen molar-refractivity contribution in [2.24, 2.45) is 5.73 Å². The highest BCUT2D eigenvalue weighted by molar-refractivity contribution is 5.08. The molecular formula is C8H14N2. The summed E-state index contributed by atoms with van der Waals surface area (Å²) in [5.74, 6) is 0. The van der Waals surface area contributed by atoms with Crippen LogP contribution in [0, 0.1) is 0 Å². The van der Waals surface area contributed by atoms with E-state index >= 15 is 0 Å². The molecule has 0 aromatic rings. The van der Waals surface area contributed by atoms with E-state index in [2.05, 4.69) is 6.58 Å². The number of rotatable bonds is 4. The van der Waals surface area contributed by atoms with E-state index < -0.39 is 0 Å². The molecule has 0 saturated carbocycles. The maximum absolute atomic E-state index is 5.32. The number of nitrogens with two attached hydrogens (primary N) is 1. The van der Waals surface area contributed by atoms with Gasteiger partial charge >= 0.3 is 0 Å². The number of nitrogens with zero attached hydrogens (tertiary/aromatic N) is 1. The Hall–Kier alpha value is -1.02. The second kappa shape index (κ2) is 6.11. The van der Waals surface area contributed by atoms with E-state index in [4.69, 9.17) is 5.73 Å². The lowest BCUT2D eigenvalue weighted by molar-refractivity contribution is 0.472. The molecule has 0 unspecified atom stereocenters. The van der Waals surface area contributed by atoms with E-state index in [0.29, 0.717) is 6.67 Å². The van der Waals surface area contributed by atoms with Crippen LogP contribution in [-0.4, -0.2) is 18.6 Å². The molecule has 0 rings (SSSR count). The van der Waals surface area contributed by atoms with Crippen molar-refractivity contribution < 1.29 is 0 Å². The second-order valence-electron chi connectivity index (χ2n) is 1.90. The van der Waals surface area contributed by atoms with Crippen molar-refractivity contribution in [3.05, 3.63) is 37.1 Å². The van der Waals surface area contributed by atoms with Crippen molar-refractivity contribution in [1.82, 2.24) is 4.90 Å². The minimum atomic E-state index is 0.540. The summed E-state index contributed by atoms with van der Waals surface area (Å²) in [7, 11) is 1.91. The second-order valence-corrected chi connectivity index (χ2v) is 1.90. The van der Waals surface area contributed by atoms with Crippen LogP contribution in [0.15, 0.2) is 37.1 Å². The average Bonchev–Trinajstić information content (AvgIpc) is 1.98. The summed E-state index contributed by atoms with van der Waals surface area (Å²) < 4.78 is 0. The van der Waals surface area contributed by atoms with Gasteiger partial charge in [-0.25, -0.2) is 0 Å². The molecule has 0 aromatic carbocycles. The van der Waals surface area contributed by atoms with Crippen LogP contribution in [-0.2, 0) is 0 Å². The Kier molecular flexibility index (Phi) is 5.48.